The second-order valence-corrected chi connectivity index (χ2v) is 8.36. The first-order valence-electron chi connectivity index (χ1n) is 5.28. The molecule has 0 radical (unpaired) electrons. The van der Waals surface area contributed by atoms with Crippen molar-refractivity contribution in [2.24, 2.45) is 0 Å². The lowest BCUT2D eigenvalue weighted by molar-refractivity contribution is 0.845. The van der Waals surface area contributed by atoms with E-state index in [0.717, 1.165) is 11.4 Å². The van der Waals surface area contributed by atoms with E-state index in [1.54, 1.807) is 0 Å². The minimum Gasteiger partial charge on any atom is -0.127 e. The average molecular weight is 207 g/mol. The van der Waals surface area contributed by atoms with Gasteiger partial charge in [0.2, 0.25) is 0 Å². The SMILES string of the molecule is CCCC[SiH](CCCCl)C(C)C. The van der Waals surface area contributed by atoms with Gasteiger partial charge in [-0.2, -0.15) is 0 Å². The molecular formula is C10H23ClSi. The fourth-order valence-corrected chi connectivity index (χ4v) is 5.31. The zero-order chi connectivity index (χ0) is 9.40. The summed E-state index contributed by atoms with van der Waals surface area (Å²) in [7, 11) is -0.427. The first kappa shape index (κ1) is 12.5. The molecular weight excluding hydrogens is 184 g/mol. The number of rotatable bonds is 7. The molecule has 0 amide bonds. The monoisotopic (exact) mass is 206 g/mol. The van der Waals surface area contributed by atoms with E-state index in [4.69, 9.17) is 11.6 Å². The predicted octanol–water partition coefficient (Wildman–Crippen LogP) is 4.05. The second kappa shape index (κ2) is 8.12. The molecule has 1 unspecified atom stereocenters. The van der Waals surface area contributed by atoms with Gasteiger partial charge in [0.1, 0.15) is 0 Å². The molecule has 0 N–H and O–H groups in total. The molecule has 12 heavy (non-hydrogen) atoms. The van der Waals surface area contributed by atoms with Gasteiger partial charge in [-0.25, -0.2) is 0 Å². The van der Waals surface area contributed by atoms with Crippen LogP contribution in [0, 0.1) is 0 Å². The van der Waals surface area contributed by atoms with Crippen molar-refractivity contribution in [1.82, 2.24) is 0 Å². The van der Waals surface area contributed by atoms with Gasteiger partial charge in [-0.3, -0.25) is 0 Å². The van der Waals surface area contributed by atoms with Crippen molar-refractivity contribution < 1.29 is 0 Å². The quantitative estimate of drug-likeness (QED) is 0.436. The van der Waals surface area contributed by atoms with Crippen LogP contribution < -0.4 is 0 Å². The van der Waals surface area contributed by atoms with Gasteiger partial charge in [0.05, 0.1) is 0 Å². The van der Waals surface area contributed by atoms with E-state index in [9.17, 15) is 0 Å². The van der Waals surface area contributed by atoms with Gasteiger partial charge in [0.15, 0.2) is 0 Å². The molecule has 2 heteroatoms. The normalized spacial score (nSPS) is 13.8. The molecule has 0 aromatic carbocycles. The number of unbranched alkanes of at least 4 members (excludes halogenated alkanes) is 1. The van der Waals surface area contributed by atoms with Gasteiger partial charge in [-0.05, 0) is 6.42 Å². The number of hydrogen-bond acceptors (Lipinski definition) is 0. The third-order valence-corrected chi connectivity index (χ3v) is 7.03. The summed E-state index contributed by atoms with van der Waals surface area (Å²) in [5.41, 5.74) is 0.972. The summed E-state index contributed by atoms with van der Waals surface area (Å²) in [5, 5.41) is 0. The highest BCUT2D eigenvalue weighted by molar-refractivity contribution is 6.60. The fourth-order valence-electron chi connectivity index (χ4n) is 1.62. The highest BCUT2D eigenvalue weighted by Crippen LogP contribution is 2.20. The molecule has 0 heterocycles. The Labute approximate surface area is 84.3 Å². The first-order valence-corrected chi connectivity index (χ1v) is 8.11. The summed E-state index contributed by atoms with van der Waals surface area (Å²) >= 11 is 5.71. The van der Waals surface area contributed by atoms with Crippen LogP contribution in [-0.4, -0.2) is 14.7 Å². The van der Waals surface area contributed by atoms with Crippen LogP contribution in [0.25, 0.3) is 0 Å². The van der Waals surface area contributed by atoms with E-state index in [2.05, 4.69) is 20.8 Å². The summed E-state index contributed by atoms with van der Waals surface area (Å²) in [4.78, 5) is 0. The van der Waals surface area contributed by atoms with E-state index in [0.29, 0.717) is 0 Å². The Morgan fingerprint density at radius 2 is 1.75 bits per heavy atom. The van der Waals surface area contributed by atoms with Crippen molar-refractivity contribution in [1.29, 1.82) is 0 Å². The van der Waals surface area contributed by atoms with Crippen LogP contribution >= 0.6 is 11.6 Å². The van der Waals surface area contributed by atoms with Crippen LogP contribution in [0.2, 0.25) is 17.6 Å². The van der Waals surface area contributed by atoms with Crippen molar-refractivity contribution in [3.05, 3.63) is 0 Å². The highest BCUT2D eigenvalue weighted by Gasteiger charge is 2.13. The molecule has 0 nitrogen and oxygen atoms in total. The maximum Gasteiger partial charge on any atom is 0.0394 e. The predicted molar refractivity (Wildman–Crippen MR) is 62.1 cm³/mol. The smallest absolute Gasteiger partial charge is 0.0394 e. The molecule has 0 fully saturated rings. The average Bonchev–Trinajstić information content (AvgIpc) is 2.04. The topological polar surface area (TPSA) is 0 Å². The van der Waals surface area contributed by atoms with Crippen LogP contribution in [0.4, 0.5) is 0 Å². The van der Waals surface area contributed by atoms with Gasteiger partial charge in [0, 0.05) is 14.7 Å². The zero-order valence-corrected chi connectivity index (χ0v) is 10.7. The Morgan fingerprint density at radius 3 is 2.17 bits per heavy atom. The molecule has 0 aliphatic carbocycles. The van der Waals surface area contributed by atoms with Crippen LogP contribution in [0.1, 0.15) is 40.0 Å². The minimum atomic E-state index is -0.427. The molecule has 0 spiro atoms. The van der Waals surface area contributed by atoms with Crippen LogP contribution in [0.15, 0.2) is 0 Å². The third kappa shape index (κ3) is 6.07. The van der Waals surface area contributed by atoms with E-state index in [1.165, 1.54) is 31.4 Å². The highest BCUT2D eigenvalue weighted by atomic mass is 35.5. The summed E-state index contributed by atoms with van der Waals surface area (Å²) in [6.45, 7) is 7.06. The van der Waals surface area contributed by atoms with Crippen LogP contribution in [0.5, 0.6) is 0 Å². The molecule has 0 aromatic rings. The molecule has 0 aliphatic rings. The van der Waals surface area contributed by atoms with E-state index >= 15 is 0 Å². The lowest BCUT2D eigenvalue weighted by Gasteiger charge is -2.18. The molecule has 0 aliphatic heterocycles. The third-order valence-electron chi connectivity index (χ3n) is 2.58. The Kier molecular flexibility index (Phi) is 8.46. The van der Waals surface area contributed by atoms with Gasteiger partial charge in [-0.15, -0.1) is 11.6 Å². The maximum absolute atomic E-state index is 5.71. The molecule has 0 saturated heterocycles. The van der Waals surface area contributed by atoms with Gasteiger partial charge in [-0.1, -0.05) is 51.2 Å². The number of alkyl halides is 1. The Bertz CT molecular complexity index is 85.8. The summed E-state index contributed by atoms with van der Waals surface area (Å²) < 4.78 is 0. The molecule has 0 aromatic heterocycles. The molecule has 0 bridgehead atoms. The molecule has 74 valence electrons. The minimum absolute atomic E-state index is 0.427. The van der Waals surface area contributed by atoms with E-state index in [1.807, 2.05) is 0 Å². The summed E-state index contributed by atoms with van der Waals surface area (Å²) in [6.07, 6.45) is 4.05. The van der Waals surface area contributed by atoms with Crippen molar-refractivity contribution in [2.45, 2.75) is 57.7 Å². The largest absolute Gasteiger partial charge is 0.127 e. The summed E-state index contributed by atoms with van der Waals surface area (Å²) in [6, 6.07) is 2.99. The van der Waals surface area contributed by atoms with Crippen molar-refractivity contribution in [3.8, 4) is 0 Å². The summed E-state index contributed by atoms with van der Waals surface area (Å²) in [5.74, 6) is 0.863. The number of halogens is 1. The molecule has 0 rings (SSSR count). The first-order chi connectivity index (χ1) is 5.72. The van der Waals surface area contributed by atoms with Crippen molar-refractivity contribution >= 4 is 20.4 Å². The van der Waals surface area contributed by atoms with Crippen molar-refractivity contribution in [3.63, 3.8) is 0 Å². The zero-order valence-electron chi connectivity index (χ0n) is 8.78. The van der Waals surface area contributed by atoms with Gasteiger partial charge in [0.25, 0.3) is 0 Å². The fraction of sp³-hybridized carbons (Fsp3) is 1.00. The standard InChI is InChI=1S/C10H23ClSi/c1-4-5-8-12(10(2)3)9-6-7-11/h10,12H,4-9H2,1-3H3. The lowest BCUT2D eigenvalue weighted by atomic mass is 10.4. The maximum atomic E-state index is 5.71. The Morgan fingerprint density at radius 1 is 1.17 bits per heavy atom. The molecule has 0 saturated carbocycles. The van der Waals surface area contributed by atoms with Crippen molar-refractivity contribution in [2.75, 3.05) is 5.88 Å². The lowest BCUT2D eigenvalue weighted by Crippen LogP contribution is -2.16. The van der Waals surface area contributed by atoms with E-state index in [-0.39, 0.29) is 0 Å². The van der Waals surface area contributed by atoms with Crippen LogP contribution in [0.3, 0.4) is 0 Å². The Balaban J connectivity index is 3.55. The van der Waals surface area contributed by atoms with Gasteiger partial charge >= 0.3 is 0 Å². The Hall–Kier alpha value is 0.507. The van der Waals surface area contributed by atoms with E-state index < -0.39 is 8.80 Å². The molecule has 1 atom stereocenters. The van der Waals surface area contributed by atoms with Crippen LogP contribution in [-0.2, 0) is 0 Å². The second-order valence-electron chi connectivity index (χ2n) is 3.98. The van der Waals surface area contributed by atoms with Gasteiger partial charge < -0.3 is 0 Å². The number of hydrogen-bond donors (Lipinski definition) is 0.